The highest BCUT2D eigenvalue weighted by atomic mass is 32.1. The van der Waals surface area contributed by atoms with Crippen LogP contribution in [0, 0.1) is 6.92 Å². The van der Waals surface area contributed by atoms with E-state index in [0.717, 1.165) is 40.8 Å². The summed E-state index contributed by atoms with van der Waals surface area (Å²) in [5.74, 6) is 1.25. The van der Waals surface area contributed by atoms with Gasteiger partial charge in [-0.05, 0) is 56.5 Å². The molecule has 6 rings (SSSR count). The third kappa shape index (κ3) is 5.23. The molecule has 4 atom stereocenters. The summed E-state index contributed by atoms with van der Waals surface area (Å²) in [6.45, 7) is 6.36. The SMILES string of the molecule is COc1nc(N2CC3CC2CO3)cc(-n2ncc3cc(C)c(C4CCN(CC(C)=O)CC4F)cc32)n1.S.S. The number of fused-ring (bicyclic) bond motifs is 3. The molecule has 0 N–H and O–H groups in total. The maximum Gasteiger partial charge on any atom is 0.320 e. The Morgan fingerprint density at radius 3 is 2.63 bits per heavy atom. The summed E-state index contributed by atoms with van der Waals surface area (Å²) >= 11 is 0. The zero-order valence-corrected chi connectivity index (χ0v) is 23.9. The number of aromatic nitrogens is 4. The number of alkyl halides is 1. The van der Waals surface area contributed by atoms with Gasteiger partial charge in [0.1, 0.15) is 17.8 Å². The van der Waals surface area contributed by atoms with Crippen LogP contribution in [0.5, 0.6) is 6.01 Å². The molecule has 12 heteroatoms. The molecule has 3 aliphatic heterocycles. The lowest BCUT2D eigenvalue weighted by atomic mass is 9.85. The first-order chi connectivity index (χ1) is 17.4. The van der Waals surface area contributed by atoms with E-state index in [9.17, 15) is 4.79 Å². The summed E-state index contributed by atoms with van der Waals surface area (Å²) in [5, 5.41) is 5.60. The molecule has 3 aliphatic rings. The third-order valence-electron chi connectivity index (χ3n) is 7.70. The van der Waals surface area contributed by atoms with Crippen LogP contribution in [0.3, 0.4) is 0 Å². The number of anilines is 1. The molecule has 9 nitrogen and oxygen atoms in total. The van der Waals surface area contributed by atoms with Gasteiger partial charge in [-0.25, -0.2) is 9.07 Å². The minimum absolute atomic E-state index is 0. The lowest BCUT2D eigenvalue weighted by Gasteiger charge is -2.35. The van der Waals surface area contributed by atoms with E-state index in [-0.39, 0.29) is 57.4 Å². The Balaban J connectivity index is 0.00000168. The first-order valence-electron chi connectivity index (χ1n) is 12.6. The molecule has 0 spiro atoms. The molecule has 38 heavy (non-hydrogen) atoms. The van der Waals surface area contributed by atoms with Gasteiger partial charge in [-0.1, -0.05) is 0 Å². The first-order valence-corrected chi connectivity index (χ1v) is 12.6. The van der Waals surface area contributed by atoms with Gasteiger partial charge in [0.15, 0.2) is 5.82 Å². The van der Waals surface area contributed by atoms with E-state index in [4.69, 9.17) is 9.47 Å². The van der Waals surface area contributed by atoms with Crippen LogP contribution in [0.2, 0.25) is 0 Å². The van der Waals surface area contributed by atoms with Gasteiger partial charge in [0, 0.05) is 30.5 Å². The Bertz CT molecular complexity index is 1320. The maximum absolute atomic E-state index is 15.3. The van der Waals surface area contributed by atoms with Crippen molar-refractivity contribution in [1.82, 2.24) is 24.6 Å². The average Bonchev–Trinajstić information content (AvgIpc) is 3.59. The number of benzene rings is 1. The van der Waals surface area contributed by atoms with Crippen LogP contribution in [0.15, 0.2) is 24.4 Å². The fourth-order valence-corrected chi connectivity index (χ4v) is 5.99. The number of likely N-dealkylation sites (tertiary alicyclic amines) is 1. The zero-order chi connectivity index (χ0) is 25.0. The third-order valence-corrected chi connectivity index (χ3v) is 7.70. The van der Waals surface area contributed by atoms with Crippen molar-refractivity contribution in [2.75, 3.05) is 44.8 Å². The van der Waals surface area contributed by atoms with Gasteiger partial charge in [-0.15, -0.1) is 0 Å². The van der Waals surface area contributed by atoms with Crippen molar-refractivity contribution in [1.29, 1.82) is 0 Å². The molecule has 0 aliphatic carbocycles. The number of hydrogen-bond acceptors (Lipinski definition) is 8. The summed E-state index contributed by atoms with van der Waals surface area (Å²) in [4.78, 5) is 24.9. The van der Waals surface area contributed by atoms with E-state index < -0.39 is 6.17 Å². The molecule has 0 radical (unpaired) electrons. The normalized spacial score (nSPS) is 24.8. The predicted molar refractivity (Wildman–Crippen MR) is 154 cm³/mol. The fourth-order valence-electron chi connectivity index (χ4n) is 5.99. The summed E-state index contributed by atoms with van der Waals surface area (Å²) < 4.78 is 28.3. The molecule has 2 bridgehead atoms. The van der Waals surface area contributed by atoms with E-state index in [0.29, 0.717) is 38.0 Å². The average molecular weight is 563 g/mol. The monoisotopic (exact) mass is 562 g/mol. The fraction of sp³-hybridized carbons (Fsp3) is 0.538. The number of Topliss-reactive ketones (excluding diaryl/α,β-unsaturated/α-hetero) is 1. The number of carbonyl (C=O) groups excluding carboxylic acids is 1. The van der Waals surface area contributed by atoms with Crippen molar-refractivity contribution in [3.8, 4) is 11.8 Å². The van der Waals surface area contributed by atoms with Gasteiger partial charge >= 0.3 is 6.01 Å². The largest absolute Gasteiger partial charge is 0.467 e. The Hall–Kier alpha value is -2.41. The summed E-state index contributed by atoms with van der Waals surface area (Å²) in [5.41, 5.74) is 2.89. The van der Waals surface area contributed by atoms with Crippen molar-refractivity contribution < 1.29 is 18.7 Å². The summed E-state index contributed by atoms with van der Waals surface area (Å²) in [7, 11) is 1.56. The number of carbonyl (C=O) groups is 1. The van der Waals surface area contributed by atoms with Gasteiger partial charge in [-0.3, -0.25) is 9.69 Å². The van der Waals surface area contributed by atoms with Gasteiger partial charge < -0.3 is 14.4 Å². The van der Waals surface area contributed by atoms with Crippen LogP contribution in [0.1, 0.15) is 36.8 Å². The lowest BCUT2D eigenvalue weighted by Crippen LogP contribution is -2.42. The standard InChI is InChI=1S/C26H31FN6O3.2H2S/c1-15-6-17-10-28-33(23(17)8-21(15)20-4-5-31(11-16(2)34)13-22(20)27)25-9-24(29-26(30-25)35-3)32-12-19-7-18(32)14-36-19;;/h6,8-10,18-20,22H,4-5,7,11-14H2,1-3H3;2*1H2. The zero-order valence-electron chi connectivity index (χ0n) is 21.9. The Morgan fingerprint density at radius 1 is 1.18 bits per heavy atom. The Morgan fingerprint density at radius 2 is 1.97 bits per heavy atom. The number of nitrogens with zero attached hydrogens (tertiary/aromatic N) is 6. The molecule has 0 amide bonds. The number of aryl methyl sites for hydroxylation is 1. The van der Waals surface area contributed by atoms with Crippen LogP contribution in [0.4, 0.5) is 10.2 Å². The molecule has 4 unspecified atom stereocenters. The summed E-state index contributed by atoms with van der Waals surface area (Å²) in [6.07, 6.45) is 2.69. The number of ether oxygens (including phenoxy) is 2. The Labute approximate surface area is 235 Å². The number of halogens is 1. The van der Waals surface area contributed by atoms with Crippen LogP contribution >= 0.6 is 27.0 Å². The van der Waals surface area contributed by atoms with Gasteiger partial charge in [0.2, 0.25) is 0 Å². The molecular weight excluding hydrogens is 527 g/mol. The number of ketones is 1. The van der Waals surface area contributed by atoms with E-state index in [1.165, 1.54) is 0 Å². The second-order valence-corrected chi connectivity index (χ2v) is 10.2. The second-order valence-electron chi connectivity index (χ2n) is 10.2. The molecule has 3 aromatic rings. The molecule has 0 saturated carbocycles. The molecular formula is C26H35FN6O3S2. The highest BCUT2D eigenvalue weighted by Gasteiger charge is 2.40. The van der Waals surface area contributed by atoms with Crippen molar-refractivity contribution in [3.63, 3.8) is 0 Å². The van der Waals surface area contributed by atoms with Crippen LogP contribution in [-0.4, -0.2) is 88.6 Å². The number of piperidine rings is 1. The van der Waals surface area contributed by atoms with Crippen LogP contribution in [0.25, 0.3) is 16.7 Å². The highest BCUT2D eigenvalue weighted by Crippen LogP contribution is 2.36. The number of rotatable bonds is 6. The number of hydrogen-bond donors (Lipinski definition) is 0. The number of methoxy groups -OCH3 is 1. The summed E-state index contributed by atoms with van der Waals surface area (Å²) in [6, 6.07) is 6.65. The van der Waals surface area contributed by atoms with Gasteiger partial charge in [0.05, 0.1) is 44.1 Å². The topological polar surface area (TPSA) is 85.6 Å². The van der Waals surface area contributed by atoms with Crippen molar-refractivity contribution in [3.05, 3.63) is 35.5 Å². The van der Waals surface area contributed by atoms with Crippen molar-refractivity contribution >= 4 is 49.5 Å². The van der Waals surface area contributed by atoms with E-state index in [2.05, 4.69) is 32.1 Å². The molecule has 3 fully saturated rings. The van der Waals surface area contributed by atoms with Gasteiger partial charge in [-0.2, -0.15) is 42.1 Å². The molecule has 3 saturated heterocycles. The van der Waals surface area contributed by atoms with Crippen molar-refractivity contribution in [2.24, 2.45) is 0 Å². The maximum atomic E-state index is 15.3. The smallest absolute Gasteiger partial charge is 0.320 e. The Kier molecular flexibility index (Phi) is 8.55. The predicted octanol–water partition coefficient (Wildman–Crippen LogP) is 3.05. The van der Waals surface area contributed by atoms with Crippen molar-refractivity contribution in [2.45, 2.75) is 50.9 Å². The van der Waals surface area contributed by atoms with Crippen LogP contribution in [-0.2, 0) is 9.53 Å². The second kappa shape index (κ2) is 11.4. The van der Waals surface area contributed by atoms with E-state index in [1.807, 2.05) is 24.1 Å². The molecule has 2 aromatic heterocycles. The lowest BCUT2D eigenvalue weighted by molar-refractivity contribution is -0.118. The minimum Gasteiger partial charge on any atom is -0.467 e. The molecule has 5 heterocycles. The number of morpholine rings is 1. The quantitative estimate of drug-likeness (QED) is 0.453. The highest BCUT2D eigenvalue weighted by molar-refractivity contribution is 7.59. The van der Waals surface area contributed by atoms with Crippen LogP contribution < -0.4 is 9.64 Å². The van der Waals surface area contributed by atoms with E-state index in [1.54, 1.807) is 18.7 Å². The minimum atomic E-state index is -1.04. The van der Waals surface area contributed by atoms with Gasteiger partial charge in [0.25, 0.3) is 0 Å². The van der Waals surface area contributed by atoms with E-state index >= 15 is 4.39 Å². The molecule has 1 aromatic carbocycles. The molecule has 206 valence electrons. The first kappa shape index (κ1) is 28.6.